The first-order chi connectivity index (χ1) is 7.83. The van der Waals surface area contributed by atoms with E-state index < -0.39 is 0 Å². The summed E-state index contributed by atoms with van der Waals surface area (Å²) in [5.74, 6) is 1.26. The van der Waals surface area contributed by atoms with Gasteiger partial charge in [-0.3, -0.25) is 0 Å². The minimum atomic E-state index is 0.534. The van der Waals surface area contributed by atoms with Crippen LogP contribution in [0.1, 0.15) is 5.82 Å². The van der Waals surface area contributed by atoms with Crippen LogP contribution in [0.5, 0.6) is 0 Å². The summed E-state index contributed by atoms with van der Waals surface area (Å²) in [6, 6.07) is 9.74. The summed E-state index contributed by atoms with van der Waals surface area (Å²) in [6.07, 6.45) is 1.67. The first-order valence-corrected chi connectivity index (χ1v) is 4.98. The fraction of sp³-hybridized carbons (Fsp3) is 0.0833. The van der Waals surface area contributed by atoms with E-state index in [0.29, 0.717) is 22.9 Å². The second-order valence-electron chi connectivity index (χ2n) is 3.49. The predicted octanol–water partition coefficient (Wildman–Crippen LogP) is 2.59. The fourth-order valence-corrected chi connectivity index (χ4v) is 1.52. The molecule has 0 spiro atoms. The Morgan fingerprint density at radius 2 is 1.88 bits per heavy atom. The Bertz CT molecular complexity index is 631. The van der Waals surface area contributed by atoms with Gasteiger partial charge in [-0.1, -0.05) is 18.2 Å². The van der Waals surface area contributed by atoms with Crippen LogP contribution in [0.4, 0.5) is 0 Å². The van der Waals surface area contributed by atoms with Gasteiger partial charge in [0.2, 0.25) is 5.89 Å². The third-order valence-corrected chi connectivity index (χ3v) is 2.29. The topological polar surface area (TPSA) is 51.8 Å². The summed E-state index contributed by atoms with van der Waals surface area (Å²) in [5.41, 5.74) is 2.16. The van der Waals surface area contributed by atoms with Gasteiger partial charge in [-0.25, -0.2) is 9.97 Å². The van der Waals surface area contributed by atoms with E-state index in [2.05, 4.69) is 15.0 Å². The van der Waals surface area contributed by atoms with Gasteiger partial charge in [-0.15, -0.1) is 0 Å². The molecule has 0 saturated carbocycles. The largest absolute Gasteiger partial charge is 0.418 e. The number of hydrogen-bond acceptors (Lipinski definition) is 4. The minimum absolute atomic E-state index is 0.534. The molecule has 0 radical (unpaired) electrons. The van der Waals surface area contributed by atoms with Crippen molar-refractivity contribution in [2.24, 2.45) is 0 Å². The molecule has 4 heteroatoms. The molecule has 1 aromatic carbocycles. The summed E-state index contributed by atoms with van der Waals surface area (Å²) in [4.78, 5) is 12.6. The van der Waals surface area contributed by atoms with E-state index in [1.807, 2.05) is 37.3 Å². The van der Waals surface area contributed by atoms with Gasteiger partial charge in [0, 0.05) is 5.56 Å². The van der Waals surface area contributed by atoms with Gasteiger partial charge >= 0.3 is 0 Å². The summed E-state index contributed by atoms with van der Waals surface area (Å²) < 4.78 is 5.57. The van der Waals surface area contributed by atoms with Gasteiger partial charge < -0.3 is 4.42 Å². The zero-order valence-corrected chi connectivity index (χ0v) is 8.71. The molecule has 3 aromatic rings. The highest BCUT2D eigenvalue weighted by molar-refractivity contribution is 5.71. The van der Waals surface area contributed by atoms with Crippen molar-refractivity contribution in [1.82, 2.24) is 15.0 Å². The average molecular weight is 211 g/mol. The molecule has 0 aliphatic carbocycles. The molecule has 78 valence electrons. The standard InChI is InChI=1S/C12H9N3O/c1-8-13-7-10-12(14-8)16-11(15-10)9-5-3-2-4-6-9/h2-7H,1H3. The van der Waals surface area contributed by atoms with Crippen molar-refractivity contribution in [3.8, 4) is 11.5 Å². The number of rotatable bonds is 1. The molecule has 16 heavy (non-hydrogen) atoms. The van der Waals surface area contributed by atoms with E-state index >= 15 is 0 Å². The third kappa shape index (κ3) is 1.44. The molecule has 4 nitrogen and oxygen atoms in total. The zero-order chi connectivity index (χ0) is 11.0. The summed E-state index contributed by atoms with van der Waals surface area (Å²) in [6.45, 7) is 1.82. The molecular weight excluding hydrogens is 202 g/mol. The van der Waals surface area contributed by atoms with Crippen molar-refractivity contribution in [3.05, 3.63) is 42.4 Å². The van der Waals surface area contributed by atoms with E-state index in [-0.39, 0.29) is 0 Å². The Morgan fingerprint density at radius 1 is 1.06 bits per heavy atom. The van der Waals surface area contributed by atoms with E-state index in [0.717, 1.165) is 5.56 Å². The van der Waals surface area contributed by atoms with E-state index in [1.54, 1.807) is 6.20 Å². The van der Waals surface area contributed by atoms with Crippen LogP contribution in [-0.4, -0.2) is 15.0 Å². The van der Waals surface area contributed by atoms with Crippen LogP contribution in [0.15, 0.2) is 40.9 Å². The highest BCUT2D eigenvalue weighted by atomic mass is 16.4. The van der Waals surface area contributed by atoms with Crippen LogP contribution in [0, 0.1) is 6.92 Å². The quantitative estimate of drug-likeness (QED) is 0.620. The zero-order valence-electron chi connectivity index (χ0n) is 8.71. The van der Waals surface area contributed by atoms with Gasteiger partial charge in [0.05, 0.1) is 6.20 Å². The maximum atomic E-state index is 5.57. The molecule has 0 saturated heterocycles. The Hall–Kier alpha value is -2.23. The molecule has 0 aliphatic rings. The number of nitrogens with zero attached hydrogens (tertiary/aromatic N) is 3. The molecule has 0 N–H and O–H groups in total. The molecule has 2 aromatic heterocycles. The second-order valence-corrected chi connectivity index (χ2v) is 3.49. The van der Waals surface area contributed by atoms with Gasteiger partial charge in [0.15, 0.2) is 0 Å². The molecular formula is C12H9N3O. The second kappa shape index (κ2) is 3.41. The highest BCUT2D eigenvalue weighted by Gasteiger charge is 2.08. The number of benzene rings is 1. The van der Waals surface area contributed by atoms with E-state index in [4.69, 9.17) is 4.42 Å². The Kier molecular flexibility index (Phi) is 1.93. The first kappa shape index (κ1) is 9.03. The monoisotopic (exact) mass is 211 g/mol. The van der Waals surface area contributed by atoms with Gasteiger partial charge in [0.25, 0.3) is 5.71 Å². The lowest BCUT2D eigenvalue weighted by molar-refractivity contribution is 0.605. The summed E-state index contributed by atoms with van der Waals surface area (Å²) in [5, 5.41) is 0. The van der Waals surface area contributed by atoms with Crippen molar-refractivity contribution in [1.29, 1.82) is 0 Å². The third-order valence-electron chi connectivity index (χ3n) is 2.29. The van der Waals surface area contributed by atoms with Crippen molar-refractivity contribution >= 4 is 11.2 Å². The highest BCUT2D eigenvalue weighted by Crippen LogP contribution is 2.21. The lowest BCUT2D eigenvalue weighted by Gasteiger charge is -1.91. The van der Waals surface area contributed by atoms with Gasteiger partial charge in [0.1, 0.15) is 11.3 Å². The Balaban J connectivity index is 2.19. The van der Waals surface area contributed by atoms with Crippen LogP contribution >= 0.6 is 0 Å². The number of aromatic nitrogens is 3. The van der Waals surface area contributed by atoms with Crippen LogP contribution in [0.2, 0.25) is 0 Å². The van der Waals surface area contributed by atoms with Gasteiger partial charge in [-0.2, -0.15) is 4.98 Å². The molecule has 0 aliphatic heterocycles. The van der Waals surface area contributed by atoms with Crippen molar-refractivity contribution in [2.45, 2.75) is 6.92 Å². The lowest BCUT2D eigenvalue weighted by atomic mass is 10.2. The first-order valence-electron chi connectivity index (χ1n) is 4.98. The van der Waals surface area contributed by atoms with Crippen LogP contribution in [0.25, 0.3) is 22.7 Å². The minimum Gasteiger partial charge on any atom is -0.418 e. The SMILES string of the molecule is Cc1ncc2nc(-c3ccccc3)oc2n1. The molecule has 0 bridgehead atoms. The van der Waals surface area contributed by atoms with E-state index in [9.17, 15) is 0 Å². The Morgan fingerprint density at radius 3 is 2.69 bits per heavy atom. The van der Waals surface area contributed by atoms with Crippen molar-refractivity contribution in [3.63, 3.8) is 0 Å². The molecule has 0 atom stereocenters. The van der Waals surface area contributed by atoms with Gasteiger partial charge in [-0.05, 0) is 19.1 Å². The molecule has 0 amide bonds. The lowest BCUT2D eigenvalue weighted by Crippen LogP contribution is -1.84. The maximum Gasteiger partial charge on any atom is 0.250 e. The number of hydrogen-bond donors (Lipinski definition) is 0. The average Bonchev–Trinajstić information content (AvgIpc) is 2.73. The molecule has 0 unspecified atom stereocenters. The maximum absolute atomic E-state index is 5.57. The smallest absolute Gasteiger partial charge is 0.250 e. The molecule has 0 fully saturated rings. The van der Waals surface area contributed by atoms with Crippen LogP contribution < -0.4 is 0 Å². The van der Waals surface area contributed by atoms with Crippen LogP contribution in [0.3, 0.4) is 0 Å². The molecule has 3 rings (SSSR count). The Labute approximate surface area is 92.0 Å². The number of fused-ring (bicyclic) bond motifs is 1. The number of oxazole rings is 1. The predicted molar refractivity (Wildman–Crippen MR) is 59.8 cm³/mol. The van der Waals surface area contributed by atoms with Crippen molar-refractivity contribution in [2.75, 3.05) is 0 Å². The van der Waals surface area contributed by atoms with E-state index in [1.165, 1.54) is 0 Å². The summed E-state index contributed by atoms with van der Waals surface area (Å²) >= 11 is 0. The number of aryl methyl sites for hydroxylation is 1. The van der Waals surface area contributed by atoms with Crippen molar-refractivity contribution < 1.29 is 4.42 Å². The summed E-state index contributed by atoms with van der Waals surface area (Å²) in [7, 11) is 0. The normalized spacial score (nSPS) is 10.8. The van der Waals surface area contributed by atoms with Crippen LogP contribution in [-0.2, 0) is 0 Å². The fourth-order valence-electron chi connectivity index (χ4n) is 1.52. The molecule has 2 heterocycles.